The number of halogens is 1. The van der Waals surface area contributed by atoms with Gasteiger partial charge in [-0.05, 0) is 30.9 Å². The molecule has 1 aliphatic rings. The van der Waals surface area contributed by atoms with Crippen LogP contribution in [-0.2, 0) is 4.74 Å². The van der Waals surface area contributed by atoms with Crippen LogP contribution in [0.25, 0.3) is 0 Å². The van der Waals surface area contributed by atoms with Gasteiger partial charge in [-0.15, -0.1) is 0 Å². The van der Waals surface area contributed by atoms with E-state index in [2.05, 4.69) is 5.32 Å². The second-order valence-electron chi connectivity index (χ2n) is 3.94. The summed E-state index contributed by atoms with van der Waals surface area (Å²) in [6, 6.07) is 6.77. The molecular weight excluding hydrogens is 193 g/mol. The van der Waals surface area contributed by atoms with Crippen molar-refractivity contribution in [3.05, 3.63) is 30.1 Å². The summed E-state index contributed by atoms with van der Waals surface area (Å²) >= 11 is 0. The van der Waals surface area contributed by atoms with Crippen molar-refractivity contribution >= 4 is 5.69 Å². The van der Waals surface area contributed by atoms with E-state index in [1.807, 2.05) is 6.07 Å². The third kappa shape index (κ3) is 2.93. The summed E-state index contributed by atoms with van der Waals surface area (Å²) in [5.74, 6) is 0.326. The Hall–Kier alpha value is -1.09. The molecule has 0 aromatic heterocycles. The molecule has 1 aromatic rings. The maximum absolute atomic E-state index is 13.3. The van der Waals surface area contributed by atoms with Crippen LogP contribution >= 0.6 is 0 Å². The van der Waals surface area contributed by atoms with Crippen molar-refractivity contribution in [3.63, 3.8) is 0 Å². The molecule has 1 aromatic carbocycles. The van der Waals surface area contributed by atoms with E-state index in [4.69, 9.17) is 4.74 Å². The molecule has 0 bridgehead atoms. The first-order valence-corrected chi connectivity index (χ1v) is 5.42. The van der Waals surface area contributed by atoms with E-state index < -0.39 is 0 Å². The van der Waals surface area contributed by atoms with Crippen molar-refractivity contribution in [1.29, 1.82) is 0 Å². The van der Waals surface area contributed by atoms with Gasteiger partial charge >= 0.3 is 0 Å². The van der Waals surface area contributed by atoms with Gasteiger partial charge < -0.3 is 10.1 Å². The molecule has 3 heteroatoms. The SMILES string of the molecule is Fc1ccccc1NCC1CCCOC1. The molecule has 0 radical (unpaired) electrons. The number of hydrogen-bond donors (Lipinski definition) is 1. The predicted octanol–water partition coefficient (Wildman–Crippen LogP) is 2.66. The van der Waals surface area contributed by atoms with Crippen molar-refractivity contribution in [2.75, 3.05) is 25.1 Å². The lowest BCUT2D eigenvalue weighted by Crippen LogP contribution is -2.24. The van der Waals surface area contributed by atoms with Crippen LogP contribution < -0.4 is 5.32 Å². The lowest BCUT2D eigenvalue weighted by molar-refractivity contribution is 0.0595. The van der Waals surface area contributed by atoms with Crippen LogP contribution in [0.5, 0.6) is 0 Å². The van der Waals surface area contributed by atoms with E-state index in [-0.39, 0.29) is 5.82 Å². The van der Waals surface area contributed by atoms with Gasteiger partial charge in [0.2, 0.25) is 0 Å². The van der Waals surface area contributed by atoms with E-state index in [1.165, 1.54) is 12.5 Å². The van der Waals surface area contributed by atoms with Crippen LogP contribution in [0, 0.1) is 11.7 Å². The predicted molar refractivity (Wildman–Crippen MR) is 58.4 cm³/mol. The summed E-state index contributed by atoms with van der Waals surface area (Å²) in [6.45, 7) is 2.46. The molecule has 1 fully saturated rings. The zero-order chi connectivity index (χ0) is 10.5. The van der Waals surface area contributed by atoms with Crippen LogP contribution in [0.15, 0.2) is 24.3 Å². The van der Waals surface area contributed by atoms with Gasteiger partial charge in [-0.1, -0.05) is 12.1 Å². The number of para-hydroxylation sites is 1. The van der Waals surface area contributed by atoms with Crippen LogP contribution in [0.2, 0.25) is 0 Å². The Bertz CT molecular complexity index is 310. The van der Waals surface area contributed by atoms with E-state index >= 15 is 0 Å². The third-order valence-electron chi connectivity index (χ3n) is 2.71. The third-order valence-corrected chi connectivity index (χ3v) is 2.71. The molecule has 2 nitrogen and oxygen atoms in total. The highest BCUT2D eigenvalue weighted by Crippen LogP contribution is 2.17. The molecule has 1 heterocycles. The average molecular weight is 209 g/mol. The van der Waals surface area contributed by atoms with Crippen molar-refractivity contribution in [3.8, 4) is 0 Å². The van der Waals surface area contributed by atoms with E-state index in [0.29, 0.717) is 11.6 Å². The van der Waals surface area contributed by atoms with Gasteiger partial charge in [0.05, 0.1) is 12.3 Å². The molecule has 15 heavy (non-hydrogen) atoms. The first-order chi connectivity index (χ1) is 7.36. The van der Waals surface area contributed by atoms with E-state index in [9.17, 15) is 4.39 Å². The van der Waals surface area contributed by atoms with Gasteiger partial charge in [0.1, 0.15) is 5.82 Å². The minimum atomic E-state index is -0.186. The first-order valence-electron chi connectivity index (χ1n) is 5.42. The van der Waals surface area contributed by atoms with Gasteiger partial charge in [0.15, 0.2) is 0 Å². The second kappa shape index (κ2) is 5.12. The fourth-order valence-corrected chi connectivity index (χ4v) is 1.83. The Kier molecular flexibility index (Phi) is 3.56. The second-order valence-corrected chi connectivity index (χ2v) is 3.94. The zero-order valence-corrected chi connectivity index (χ0v) is 8.71. The van der Waals surface area contributed by atoms with Crippen molar-refractivity contribution < 1.29 is 9.13 Å². The standard InChI is InChI=1S/C12H16FNO/c13-11-5-1-2-6-12(11)14-8-10-4-3-7-15-9-10/h1-2,5-6,10,14H,3-4,7-9H2. The molecule has 1 atom stereocenters. The van der Waals surface area contributed by atoms with Gasteiger partial charge in [0, 0.05) is 13.2 Å². The van der Waals surface area contributed by atoms with Gasteiger partial charge in [-0.3, -0.25) is 0 Å². The maximum atomic E-state index is 13.3. The topological polar surface area (TPSA) is 21.3 Å². The Balaban J connectivity index is 1.84. The van der Waals surface area contributed by atoms with Crippen LogP contribution in [0.3, 0.4) is 0 Å². The van der Waals surface area contributed by atoms with Gasteiger partial charge in [0.25, 0.3) is 0 Å². The van der Waals surface area contributed by atoms with Crippen LogP contribution in [-0.4, -0.2) is 19.8 Å². The first kappa shape index (κ1) is 10.4. The van der Waals surface area contributed by atoms with Crippen LogP contribution in [0.4, 0.5) is 10.1 Å². The lowest BCUT2D eigenvalue weighted by Gasteiger charge is -2.22. The Morgan fingerprint density at radius 3 is 3.00 bits per heavy atom. The van der Waals surface area contributed by atoms with E-state index in [0.717, 1.165) is 26.2 Å². The molecule has 82 valence electrons. The van der Waals surface area contributed by atoms with Gasteiger partial charge in [-0.2, -0.15) is 0 Å². The highest BCUT2D eigenvalue weighted by molar-refractivity contribution is 5.44. The molecule has 0 aliphatic carbocycles. The summed E-state index contributed by atoms with van der Waals surface area (Å²) in [5, 5.41) is 3.13. The quantitative estimate of drug-likeness (QED) is 0.826. The highest BCUT2D eigenvalue weighted by Gasteiger charge is 2.13. The summed E-state index contributed by atoms with van der Waals surface area (Å²) < 4.78 is 18.6. The van der Waals surface area contributed by atoms with Crippen molar-refractivity contribution in [2.45, 2.75) is 12.8 Å². The van der Waals surface area contributed by atoms with Crippen molar-refractivity contribution in [1.82, 2.24) is 0 Å². The Labute approximate surface area is 89.4 Å². The van der Waals surface area contributed by atoms with Gasteiger partial charge in [-0.25, -0.2) is 4.39 Å². The number of benzene rings is 1. The lowest BCUT2D eigenvalue weighted by atomic mass is 10.0. The normalized spacial score (nSPS) is 21.3. The zero-order valence-electron chi connectivity index (χ0n) is 8.71. The minimum absolute atomic E-state index is 0.186. The summed E-state index contributed by atoms with van der Waals surface area (Å²) in [4.78, 5) is 0. The van der Waals surface area contributed by atoms with E-state index in [1.54, 1.807) is 12.1 Å². The fraction of sp³-hybridized carbons (Fsp3) is 0.500. The van der Waals surface area contributed by atoms with Crippen molar-refractivity contribution in [2.24, 2.45) is 5.92 Å². The van der Waals surface area contributed by atoms with Crippen LogP contribution in [0.1, 0.15) is 12.8 Å². The molecular formula is C12H16FNO. The molecule has 0 spiro atoms. The molecule has 2 rings (SSSR count). The smallest absolute Gasteiger partial charge is 0.146 e. The summed E-state index contributed by atoms with van der Waals surface area (Å²) in [5.41, 5.74) is 0.586. The Morgan fingerprint density at radius 2 is 2.27 bits per heavy atom. The number of ether oxygens (including phenoxy) is 1. The summed E-state index contributed by atoms with van der Waals surface area (Å²) in [7, 11) is 0. The number of anilines is 1. The highest BCUT2D eigenvalue weighted by atomic mass is 19.1. The fourth-order valence-electron chi connectivity index (χ4n) is 1.83. The monoisotopic (exact) mass is 209 g/mol. The average Bonchev–Trinajstić information content (AvgIpc) is 2.29. The summed E-state index contributed by atoms with van der Waals surface area (Å²) in [6.07, 6.45) is 2.28. The number of rotatable bonds is 3. The molecule has 1 aliphatic heterocycles. The minimum Gasteiger partial charge on any atom is -0.382 e. The largest absolute Gasteiger partial charge is 0.382 e. The molecule has 0 amide bonds. The molecule has 1 saturated heterocycles. The number of hydrogen-bond acceptors (Lipinski definition) is 2. The molecule has 1 unspecified atom stereocenters. The Morgan fingerprint density at radius 1 is 1.40 bits per heavy atom. The number of nitrogens with one attached hydrogen (secondary N) is 1. The molecule has 0 saturated carbocycles. The molecule has 1 N–H and O–H groups in total. The maximum Gasteiger partial charge on any atom is 0.146 e.